The third-order valence-corrected chi connectivity index (χ3v) is 5.41. The SMILES string of the molecule is O=C(c1ccc(Cl)c(Cl)c1)N1CCC[C@H](c2nc3ccccc3[nH]2)C1. The second-order valence-corrected chi connectivity index (χ2v) is 7.17. The molecule has 1 aliphatic heterocycles. The predicted octanol–water partition coefficient (Wildman–Crippen LogP) is 4.89. The Morgan fingerprint density at radius 1 is 1.16 bits per heavy atom. The van der Waals surface area contributed by atoms with Crippen molar-refractivity contribution in [3.05, 3.63) is 63.9 Å². The first-order valence-corrected chi connectivity index (χ1v) is 9.06. The van der Waals surface area contributed by atoms with E-state index in [1.54, 1.807) is 18.2 Å². The lowest BCUT2D eigenvalue weighted by Gasteiger charge is -2.32. The number of amides is 1. The van der Waals surface area contributed by atoms with E-state index in [4.69, 9.17) is 28.2 Å². The number of aromatic amines is 1. The summed E-state index contributed by atoms with van der Waals surface area (Å²) in [6, 6.07) is 13.0. The van der Waals surface area contributed by atoms with Crippen LogP contribution in [0.5, 0.6) is 0 Å². The molecule has 2 heterocycles. The van der Waals surface area contributed by atoms with Crippen molar-refractivity contribution in [2.75, 3.05) is 13.1 Å². The molecule has 0 radical (unpaired) electrons. The van der Waals surface area contributed by atoms with Gasteiger partial charge >= 0.3 is 0 Å². The highest BCUT2D eigenvalue weighted by Crippen LogP contribution is 2.29. The summed E-state index contributed by atoms with van der Waals surface area (Å²) in [7, 11) is 0. The number of para-hydroxylation sites is 2. The molecule has 4 rings (SSSR count). The first-order chi connectivity index (χ1) is 12.1. The molecule has 1 atom stereocenters. The van der Waals surface area contributed by atoms with E-state index in [0.717, 1.165) is 36.2 Å². The standard InChI is InChI=1S/C19H17Cl2N3O/c20-14-8-7-12(10-15(14)21)19(25)24-9-3-4-13(11-24)18-22-16-5-1-2-6-17(16)23-18/h1-2,5-8,10,13H,3-4,9,11H2,(H,22,23)/t13-/m0/s1. The molecular formula is C19H17Cl2N3O. The van der Waals surface area contributed by atoms with E-state index in [1.807, 2.05) is 29.2 Å². The van der Waals surface area contributed by atoms with Crippen LogP contribution < -0.4 is 0 Å². The van der Waals surface area contributed by atoms with Crippen LogP contribution in [-0.4, -0.2) is 33.9 Å². The highest BCUT2D eigenvalue weighted by Gasteiger charge is 2.27. The minimum Gasteiger partial charge on any atom is -0.342 e. The highest BCUT2D eigenvalue weighted by molar-refractivity contribution is 6.42. The average Bonchev–Trinajstić information content (AvgIpc) is 3.08. The monoisotopic (exact) mass is 373 g/mol. The lowest BCUT2D eigenvalue weighted by molar-refractivity contribution is 0.0705. The summed E-state index contributed by atoms with van der Waals surface area (Å²) in [5, 5.41) is 0.857. The molecule has 3 aromatic rings. The molecule has 1 amide bonds. The molecule has 0 spiro atoms. The number of aromatic nitrogens is 2. The lowest BCUT2D eigenvalue weighted by Crippen LogP contribution is -2.39. The maximum atomic E-state index is 12.8. The minimum atomic E-state index is -0.0145. The van der Waals surface area contributed by atoms with E-state index in [9.17, 15) is 4.79 Å². The van der Waals surface area contributed by atoms with Crippen LogP contribution in [0.15, 0.2) is 42.5 Å². The molecule has 1 saturated heterocycles. The first-order valence-electron chi connectivity index (χ1n) is 8.31. The summed E-state index contributed by atoms with van der Waals surface area (Å²) in [4.78, 5) is 22.8. The number of benzene rings is 2. The van der Waals surface area contributed by atoms with Crippen molar-refractivity contribution >= 4 is 40.1 Å². The van der Waals surface area contributed by atoms with Crippen molar-refractivity contribution in [3.8, 4) is 0 Å². The Morgan fingerprint density at radius 3 is 2.80 bits per heavy atom. The molecule has 1 fully saturated rings. The number of fused-ring (bicyclic) bond motifs is 1. The molecule has 0 unspecified atom stereocenters. The molecule has 1 aromatic heterocycles. The van der Waals surface area contributed by atoms with E-state index < -0.39 is 0 Å². The van der Waals surface area contributed by atoms with E-state index in [2.05, 4.69) is 4.98 Å². The molecule has 0 aliphatic carbocycles. The van der Waals surface area contributed by atoms with Crippen LogP contribution in [0.3, 0.4) is 0 Å². The van der Waals surface area contributed by atoms with Crippen LogP contribution in [0.2, 0.25) is 10.0 Å². The van der Waals surface area contributed by atoms with Gasteiger partial charge in [0.15, 0.2) is 0 Å². The number of H-pyrrole nitrogens is 1. The number of imidazole rings is 1. The number of hydrogen-bond donors (Lipinski definition) is 1. The third kappa shape index (κ3) is 3.24. The number of hydrogen-bond acceptors (Lipinski definition) is 2. The Labute approximate surface area is 155 Å². The van der Waals surface area contributed by atoms with E-state index >= 15 is 0 Å². The normalized spacial score (nSPS) is 17.8. The van der Waals surface area contributed by atoms with Crippen LogP contribution >= 0.6 is 23.2 Å². The van der Waals surface area contributed by atoms with Gasteiger partial charge in [-0.25, -0.2) is 4.98 Å². The molecule has 1 N–H and O–H groups in total. The van der Waals surface area contributed by atoms with Crippen molar-refractivity contribution < 1.29 is 4.79 Å². The van der Waals surface area contributed by atoms with Gasteiger partial charge in [0.2, 0.25) is 0 Å². The van der Waals surface area contributed by atoms with Gasteiger partial charge in [0.1, 0.15) is 5.82 Å². The molecule has 1 aliphatic rings. The summed E-state index contributed by atoms with van der Waals surface area (Å²) >= 11 is 12.0. The number of rotatable bonds is 2. The number of piperidine rings is 1. The summed E-state index contributed by atoms with van der Waals surface area (Å²) < 4.78 is 0. The van der Waals surface area contributed by atoms with Gasteiger partial charge in [-0.1, -0.05) is 35.3 Å². The molecule has 6 heteroatoms. The zero-order chi connectivity index (χ0) is 17.4. The van der Waals surface area contributed by atoms with Gasteiger partial charge in [-0.2, -0.15) is 0 Å². The topological polar surface area (TPSA) is 49.0 Å². The Hall–Kier alpha value is -2.04. The number of nitrogens with one attached hydrogen (secondary N) is 1. The molecule has 0 bridgehead atoms. The van der Waals surface area contributed by atoms with Crippen LogP contribution in [0, 0.1) is 0 Å². The number of carbonyl (C=O) groups excluding carboxylic acids is 1. The fourth-order valence-electron chi connectivity index (χ4n) is 3.36. The van der Waals surface area contributed by atoms with Crippen molar-refractivity contribution in [3.63, 3.8) is 0 Å². The van der Waals surface area contributed by atoms with Gasteiger partial charge < -0.3 is 9.88 Å². The van der Waals surface area contributed by atoms with Gasteiger partial charge in [-0.3, -0.25) is 4.79 Å². The molecule has 4 nitrogen and oxygen atoms in total. The van der Waals surface area contributed by atoms with E-state index in [-0.39, 0.29) is 11.8 Å². The Bertz CT molecular complexity index is 904. The number of halogens is 2. The predicted molar refractivity (Wildman–Crippen MR) is 100 cm³/mol. The molecule has 0 saturated carbocycles. The average molecular weight is 374 g/mol. The van der Waals surface area contributed by atoms with Crippen LogP contribution in [0.4, 0.5) is 0 Å². The number of likely N-dealkylation sites (tertiary alicyclic amines) is 1. The third-order valence-electron chi connectivity index (χ3n) is 4.67. The molecule has 2 aromatic carbocycles. The van der Waals surface area contributed by atoms with Crippen molar-refractivity contribution in [2.45, 2.75) is 18.8 Å². The maximum Gasteiger partial charge on any atom is 0.253 e. The largest absolute Gasteiger partial charge is 0.342 e. The second-order valence-electron chi connectivity index (χ2n) is 6.36. The Balaban J connectivity index is 1.55. The lowest BCUT2D eigenvalue weighted by atomic mass is 9.96. The summed E-state index contributed by atoms with van der Waals surface area (Å²) in [6.07, 6.45) is 1.97. The van der Waals surface area contributed by atoms with Gasteiger partial charge in [0, 0.05) is 24.6 Å². The minimum absolute atomic E-state index is 0.0145. The molecule has 128 valence electrons. The number of nitrogens with zero attached hydrogens (tertiary/aromatic N) is 2. The molecular weight excluding hydrogens is 357 g/mol. The van der Waals surface area contributed by atoms with Crippen LogP contribution in [0.25, 0.3) is 11.0 Å². The fourth-order valence-corrected chi connectivity index (χ4v) is 3.66. The molecule has 25 heavy (non-hydrogen) atoms. The smallest absolute Gasteiger partial charge is 0.253 e. The summed E-state index contributed by atoms with van der Waals surface area (Å²) in [5.41, 5.74) is 2.57. The van der Waals surface area contributed by atoms with Gasteiger partial charge in [-0.15, -0.1) is 0 Å². The Kier molecular flexibility index (Phi) is 4.40. The Morgan fingerprint density at radius 2 is 2.00 bits per heavy atom. The zero-order valence-electron chi connectivity index (χ0n) is 13.5. The van der Waals surface area contributed by atoms with Gasteiger partial charge in [0.25, 0.3) is 5.91 Å². The maximum absolute atomic E-state index is 12.8. The van der Waals surface area contributed by atoms with Gasteiger partial charge in [-0.05, 0) is 43.2 Å². The quantitative estimate of drug-likeness (QED) is 0.694. The van der Waals surface area contributed by atoms with E-state index in [1.165, 1.54) is 0 Å². The van der Waals surface area contributed by atoms with Crippen LogP contribution in [0.1, 0.15) is 34.9 Å². The first kappa shape index (κ1) is 16.4. The van der Waals surface area contributed by atoms with Crippen molar-refractivity contribution in [1.82, 2.24) is 14.9 Å². The fraction of sp³-hybridized carbons (Fsp3) is 0.263. The summed E-state index contributed by atoms with van der Waals surface area (Å²) in [5.74, 6) is 1.15. The van der Waals surface area contributed by atoms with E-state index in [0.29, 0.717) is 22.2 Å². The van der Waals surface area contributed by atoms with Crippen LogP contribution in [-0.2, 0) is 0 Å². The highest BCUT2D eigenvalue weighted by atomic mass is 35.5. The zero-order valence-corrected chi connectivity index (χ0v) is 15.0. The number of carbonyl (C=O) groups is 1. The van der Waals surface area contributed by atoms with Crippen molar-refractivity contribution in [2.24, 2.45) is 0 Å². The summed E-state index contributed by atoms with van der Waals surface area (Å²) in [6.45, 7) is 1.40. The van der Waals surface area contributed by atoms with Gasteiger partial charge in [0.05, 0.1) is 21.1 Å². The second kappa shape index (κ2) is 6.70. The van der Waals surface area contributed by atoms with Crippen molar-refractivity contribution in [1.29, 1.82) is 0 Å².